The van der Waals surface area contributed by atoms with Crippen LogP contribution in [0.5, 0.6) is 0 Å². The molecule has 0 aliphatic heterocycles. The van der Waals surface area contributed by atoms with Gasteiger partial charge in [-0.2, -0.15) is 0 Å². The van der Waals surface area contributed by atoms with Gasteiger partial charge in [0.1, 0.15) is 12.1 Å². The van der Waals surface area contributed by atoms with E-state index < -0.39 is 0 Å². The summed E-state index contributed by atoms with van der Waals surface area (Å²) >= 11 is 0. The fourth-order valence-electron chi connectivity index (χ4n) is 1.20. The van der Waals surface area contributed by atoms with Gasteiger partial charge in [0.05, 0.1) is 0 Å². The lowest BCUT2D eigenvalue weighted by Crippen LogP contribution is -2.11. The van der Waals surface area contributed by atoms with E-state index in [-0.39, 0.29) is 5.82 Å². The monoisotopic (exact) mass is 181 g/mol. The van der Waals surface area contributed by atoms with E-state index in [1.807, 2.05) is 19.0 Å². The third-order valence-electron chi connectivity index (χ3n) is 1.61. The molecule has 2 nitrogen and oxygen atoms in total. The smallest absolute Gasteiger partial charge is 0.150 e. The molecule has 1 rings (SSSR count). The molecule has 0 amide bonds. The Morgan fingerprint density at radius 2 is 2.08 bits per heavy atom. The maximum Gasteiger partial charge on any atom is 0.150 e. The summed E-state index contributed by atoms with van der Waals surface area (Å²) < 4.78 is 12.9. The normalized spacial score (nSPS) is 10.5. The van der Waals surface area contributed by atoms with E-state index in [2.05, 4.69) is 0 Å². The summed E-state index contributed by atoms with van der Waals surface area (Å²) in [5.74, 6) is -0.360. The lowest BCUT2D eigenvalue weighted by Gasteiger charge is -2.09. The van der Waals surface area contributed by atoms with Gasteiger partial charge in [-0.05, 0) is 37.9 Å². The molecule has 70 valence electrons. The predicted molar refractivity (Wildman–Crippen MR) is 49.2 cm³/mol. The van der Waals surface area contributed by atoms with Crippen molar-refractivity contribution in [2.24, 2.45) is 0 Å². The first kappa shape index (κ1) is 9.86. The molecule has 1 aromatic rings. The van der Waals surface area contributed by atoms with Crippen LogP contribution in [-0.2, 0) is 6.54 Å². The molecule has 0 saturated heterocycles. The molecule has 0 unspecified atom stereocenters. The van der Waals surface area contributed by atoms with Crippen molar-refractivity contribution in [3.63, 3.8) is 0 Å². The van der Waals surface area contributed by atoms with Crippen molar-refractivity contribution >= 4 is 6.29 Å². The molecule has 0 atom stereocenters. The van der Waals surface area contributed by atoms with Crippen molar-refractivity contribution in [2.75, 3.05) is 14.1 Å². The number of benzene rings is 1. The van der Waals surface area contributed by atoms with Crippen molar-refractivity contribution < 1.29 is 9.18 Å². The Labute approximate surface area is 77.0 Å². The van der Waals surface area contributed by atoms with Crippen molar-refractivity contribution in [2.45, 2.75) is 6.54 Å². The average molecular weight is 181 g/mol. The Morgan fingerprint density at radius 1 is 1.38 bits per heavy atom. The predicted octanol–water partition coefficient (Wildman–Crippen LogP) is 1.70. The summed E-state index contributed by atoms with van der Waals surface area (Å²) in [6.45, 7) is 0.638. The first-order valence-electron chi connectivity index (χ1n) is 4.01. The van der Waals surface area contributed by atoms with Crippen LogP contribution in [0, 0.1) is 5.82 Å². The molecule has 0 heterocycles. The van der Waals surface area contributed by atoms with Gasteiger partial charge in [-0.1, -0.05) is 0 Å². The van der Waals surface area contributed by atoms with Crippen LogP contribution in [0.4, 0.5) is 4.39 Å². The molecule has 0 radical (unpaired) electrons. The van der Waals surface area contributed by atoms with Gasteiger partial charge in [-0.25, -0.2) is 4.39 Å². The van der Waals surface area contributed by atoms with Crippen LogP contribution in [0.3, 0.4) is 0 Å². The number of nitrogens with zero attached hydrogens (tertiary/aromatic N) is 1. The highest BCUT2D eigenvalue weighted by Gasteiger charge is 2.00. The van der Waals surface area contributed by atoms with Crippen LogP contribution in [0.25, 0.3) is 0 Å². The highest BCUT2D eigenvalue weighted by molar-refractivity contribution is 5.75. The molecule has 0 bridgehead atoms. The molecule has 0 aliphatic rings. The van der Waals surface area contributed by atoms with Gasteiger partial charge in [0.25, 0.3) is 0 Å². The summed E-state index contributed by atoms with van der Waals surface area (Å²) in [5, 5.41) is 0. The van der Waals surface area contributed by atoms with E-state index in [1.165, 1.54) is 12.1 Å². The van der Waals surface area contributed by atoms with E-state index >= 15 is 0 Å². The summed E-state index contributed by atoms with van der Waals surface area (Å²) in [6, 6.07) is 4.36. The lowest BCUT2D eigenvalue weighted by molar-refractivity contribution is 0.112. The fourth-order valence-corrected chi connectivity index (χ4v) is 1.20. The quantitative estimate of drug-likeness (QED) is 0.661. The topological polar surface area (TPSA) is 20.3 Å². The fraction of sp³-hybridized carbons (Fsp3) is 0.300. The maximum absolute atomic E-state index is 12.9. The van der Waals surface area contributed by atoms with Crippen molar-refractivity contribution in [1.29, 1.82) is 0 Å². The van der Waals surface area contributed by atoms with E-state index in [9.17, 15) is 9.18 Å². The summed E-state index contributed by atoms with van der Waals surface area (Å²) in [7, 11) is 3.79. The zero-order valence-electron chi connectivity index (χ0n) is 7.75. The minimum absolute atomic E-state index is 0.360. The molecule has 0 spiro atoms. The number of halogens is 1. The maximum atomic E-state index is 12.9. The summed E-state index contributed by atoms with van der Waals surface area (Å²) in [4.78, 5) is 12.3. The zero-order valence-corrected chi connectivity index (χ0v) is 7.75. The number of carbonyl (C=O) groups excluding carboxylic acids is 1. The van der Waals surface area contributed by atoms with Gasteiger partial charge in [0, 0.05) is 12.1 Å². The van der Waals surface area contributed by atoms with E-state index in [0.717, 1.165) is 5.56 Å². The van der Waals surface area contributed by atoms with Crippen LogP contribution < -0.4 is 0 Å². The Kier molecular flexibility index (Phi) is 3.14. The number of hydrogen-bond acceptors (Lipinski definition) is 2. The van der Waals surface area contributed by atoms with Gasteiger partial charge >= 0.3 is 0 Å². The number of carbonyl (C=O) groups is 1. The van der Waals surface area contributed by atoms with Gasteiger partial charge in [-0.15, -0.1) is 0 Å². The molecule has 3 heteroatoms. The van der Waals surface area contributed by atoms with Gasteiger partial charge in [0.2, 0.25) is 0 Å². The Bertz CT molecular complexity index is 310. The van der Waals surface area contributed by atoms with Crippen LogP contribution in [-0.4, -0.2) is 25.3 Å². The average Bonchev–Trinajstić information content (AvgIpc) is 2.01. The van der Waals surface area contributed by atoms with E-state index in [0.29, 0.717) is 18.4 Å². The highest BCUT2D eigenvalue weighted by Crippen LogP contribution is 2.08. The third kappa shape index (κ3) is 2.95. The SMILES string of the molecule is CN(C)Cc1cc(F)cc(C=O)c1. The molecule has 0 aliphatic carbocycles. The van der Waals surface area contributed by atoms with E-state index in [4.69, 9.17) is 0 Å². The zero-order chi connectivity index (χ0) is 9.84. The van der Waals surface area contributed by atoms with E-state index in [1.54, 1.807) is 6.07 Å². The molecule has 13 heavy (non-hydrogen) atoms. The second kappa shape index (κ2) is 4.14. The molecule has 0 fully saturated rings. The Balaban J connectivity index is 2.94. The van der Waals surface area contributed by atoms with Gasteiger partial charge in [-0.3, -0.25) is 4.79 Å². The Morgan fingerprint density at radius 3 is 2.62 bits per heavy atom. The highest BCUT2D eigenvalue weighted by atomic mass is 19.1. The largest absolute Gasteiger partial charge is 0.305 e. The summed E-state index contributed by atoms with van der Waals surface area (Å²) in [5.41, 5.74) is 1.20. The van der Waals surface area contributed by atoms with Crippen LogP contribution in [0.15, 0.2) is 18.2 Å². The lowest BCUT2D eigenvalue weighted by atomic mass is 10.1. The van der Waals surface area contributed by atoms with Crippen molar-refractivity contribution in [3.05, 3.63) is 35.1 Å². The first-order chi connectivity index (χ1) is 6.11. The van der Waals surface area contributed by atoms with Crippen LogP contribution in [0.1, 0.15) is 15.9 Å². The van der Waals surface area contributed by atoms with Gasteiger partial charge < -0.3 is 4.90 Å². The molecular formula is C10H12FNO. The van der Waals surface area contributed by atoms with Crippen LogP contribution in [0.2, 0.25) is 0 Å². The number of aldehydes is 1. The minimum Gasteiger partial charge on any atom is -0.305 e. The first-order valence-corrected chi connectivity index (χ1v) is 4.01. The Hall–Kier alpha value is -1.22. The standard InChI is InChI=1S/C10H12FNO/c1-12(2)6-8-3-9(7-13)5-10(11)4-8/h3-5,7H,6H2,1-2H3. The molecule has 0 aromatic heterocycles. The number of rotatable bonds is 3. The third-order valence-corrected chi connectivity index (χ3v) is 1.61. The second-order valence-corrected chi connectivity index (χ2v) is 3.25. The number of hydrogen-bond donors (Lipinski definition) is 0. The van der Waals surface area contributed by atoms with Crippen molar-refractivity contribution in [1.82, 2.24) is 4.90 Å². The van der Waals surface area contributed by atoms with Gasteiger partial charge in [0.15, 0.2) is 0 Å². The molecule has 0 N–H and O–H groups in total. The molecule has 1 aromatic carbocycles. The summed E-state index contributed by atoms with van der Waals surface area (Å²) in [6.07, 6.45) is 0.655. The van der Waals surface area contributed by atoms with Crippen LogP contribution >= 0.6 is 0 Å². The molecular weight excluding hydrogens is 169 g/mol. The molecule has 0 saturated carbocycles. The minimum atomic E-state index is -0.360. The second-order valence-electron chi connectivity index (χ2n) is 3.25. The van der Waals surface area contributed by atoms with Crippen molar-refractivity contribution in [3.8, 4) is 0 Å².